The number of nitrogen functional groups attached to an aromatic ring is 2. The van der Waals surface area contributed by atoms with Crippen molar-refractivity contribution in [1.82, 2.24) is 9.97 Å². The maximum Gasteiger partial charge on any atom is 0.222 e. The van der Waals surface area contributed by atoms with E-state index in [0.29, 0.717) is 4.47 Å². The van der Waals surface area contributed by atoms with Crippen molar-refractivity contribution in [3.05, 3.63) is 22.2 Å². The van der Waals surface area contributed by atoms with Gasteiger partial charge in [-0.25, -0.2) is 4.98 Å². The summed E-state index contributed by atoms with van der Waals surface area (Å²) in [5.41, 5.74) is 11.2. The molecule has 19 heavy (non-hydrogen) atoms. The SMILES string of the molecule is N#Cc1c(N)nc(N)nc1-c1ccc(Br)c(O)c1O. The smallest absolute Gasteiger partial charge is 0.222 e. The lowest BCUT2D eigenvalue weighted by atomic mass is 10.1. The van der Waals surface area contributed by atoms with Gasteiger partial charge in [-0.1, -0.05) is 0 Å². The molecule has 0 aliphatic rings. The Labute approximate surface area is 116 Å². The van der Waals surface area contributed by atoms with Gasteiger partial charge in [0.2, 0.25) is 5.95 Å². The second-order valence-corrected chi connectivity index (χ2v) is 4.45. The van der Waals surface area contributed by atoms with Crippen LogP contribution in [0.25, 0.3) is 11.3 Å². The van der Waals surface area contributed by atoms with Crippen molar-refractivity contribution in [2.45, 2.75) is 0 Å². The lowest BCUT2D eigenvalue weighted by Crippen LogP contribution is -2.05. The molecular formula is C11H8BrN5O2. The van der Waals surface area contributed by atoms with E-state index in [9.17, 15) is 10.2 Å². The summed E-state index contributed by atoms with van der Waals surface area (Å²) < 4.78 is 0.308. The number of phenolic OH excluding ortho intramolecular Hbond substituents is 2. The largest absolute Gasteiger partial charge is 0.504 e. The minimum atomic E-state index is -0.427. The van der Waals surface area contributed by atoms with Crippen LogP contribution in [0.2, 0.25) is 0 Å². The van der Waals surface area contributed by atoms with Gasteiger partial charge in [-0.05, 0) is 28.1 Å². The van der Waals surface area contributed by atoms with E-state index in [1.54, 1.807) is 0 Å². The van der Waals surface area contributed by atoms with Crippen LogP contribution in [0, 0.1) is 11.3 Å². The summed E-state index contributed by atoms with van der Waals surface area (Å²) in [6.07, 6.45) is 0. The van der Waals surface area contributed by atoms with E-state index in [0.717, 1.165) is 0 Å². The third-order valence-electron chi connectivity index (χ3n) is 2.42. The number of aromatic nitrogens is 2. The van der Waals surface area contributed by atoms with Gasteiger partial charge in [0, 0.05) is 5.56 Å². The van der Waals surface area contributed by atoms with Crippen LogP contribution in [0.15, 0.2) is 16.6 Å². The maximum absolute atomic E-state index is 9.90. The van der Waals surface area contributed by atoms with Gasteiger partial charge < -0.3 is 21.7 Å². The summed E-state index contributed by atoms with van der Waals surface area (Å²) in [6, 6.07) is 4.81. The molecule has 0 unspecified atom stereocenters. The molecule has 96 valence electrons. The van der Waals surface area contributed by atoms with Crippen LogP contribution in [-0.4, -0.2) is 20.2 Å². The molecule has 2 rings (SSSR count). The lowest BCUT2D eigenvalue weighted by molar-refractivity contribution is 0.403. The van der Waals surface area contributed by atoms with E-state index in [4.69, 9.17) is 16.7 Å². The third-order valence-corrected chi connectivity index (χ3v) is 3.06. The molecule has 8 heteroatoms. The molecule has 0 amide bonds. The summed E-state index contributed by atoms with van der Waals surface area (Å²) in [6.45, 7) is 0. The zero-order valence-electron chi connectivity index (χ0n) is 9.42. The van der Waals surface area contributed by atoms with E-state index >= 15 is 0 Å². The zero-order valence-corrected chi connectivity index (χ0v) is 11.0. The van der Waals surface area contributed by atoms with Gasteiger partial charge in [0.25, 0.3) is 0 Å². The van der Waals surface area contributed by atoms with Gasteiger partial charge >= 0.3 is 0 Å². The van der Waals surface area contributed by atoms with Crippen molar-refractivity contribution in [3.8, 4) is 28.8 Å². The summed E-state index contributed by atoms with van der Waals surface area (Å²) >= 11 is 3.06. The molecule has 0 aliphatic heterocycles. The molecule has 1 aromatic carbocycles. The van der Waals surface area contributed by atoms with Crippen molar-refractivity contribution in [3.63, 3.8) is 0 Å². The molecule has 1 heterocycles. The molecule has 0 aliphatic carbocycles. The lowest BCUT2D eigenvalue weighted by Gasteiger charge is -2.10. The second kappa shape index (κ2) is 4.62. The van der Waals surface area contributed by atoms with Crippen LogP contribution in [0.4, 0.5) is 11.8 Å². The number of nitrogens with zero attached hydrogens (tertiary/aromatic N) is 3. The Morgan fingerprint density at radius 3 is 2.47 bits per heavy atom. The number of hydrogen-bond donors (Lipinski definition) is 4. The number of halogens is 1. The Hall–Kier alpha value is -2.53. The van der Waals surface area contributed by atoms with E-state index in [1.807, 2.05) is 6.07 Å². The highest BCUT2D eigenvalue weighted by Gasteiger charge is 2.19. The van der Waals surface area contributed by atoms with E-state index in [1.165, 1.54) is 12.1 Å². The monoisotopic (exact) mass is 321 g/mol. The van der Waals surface area contributed by atoms with Crippen LogP contribution < -0.4 is 11.5 Å². The van der Waals surface area contributed by atoms with Gasteiger partial charge in [0.05, 0.1) is 10.2 Å². The Balaban J connectivity index is 2.80. The van der Waals surface area contributed by atoms with Crippen LogP contribution in [0.1, 0.15) is 5.56 Å². The van der Waals surface area contributed by atoms with E-state index in [2.05, 4.69) is 25.9 Å². The molecule has 0 radical (unpaired) electrons. The fourth-order valence-corrected chi connectivity index (χ4v) is 1.87. The molecule has 6 N–H and O–H groups in total. The van der Waals surface area contributed by atoms with Gasteiger partial charge in [0.1, 0.15) is 17.5 Å². The summed E-state index contributed by atoms with van der Waals surface area (Å²) in [7, 11) is 0. The highest BCUT2D eigenvalue weighted by atomic mass is 79.9. The number of benzene rings is 1. The summed E-state index contributed by atoms with van der Waals surface area (Å²) in [5.74, 6) is -1.01. The molecule has 0 fully saturated rings. The Kier molecular flexibility index (Phi) is 3.14. The quantitative estimate of drug-likeness (QED) is 0.580. The molecule has 0 saturated heterocycles. The predicted molar refractivity (Wildman–Crippen MR) is 72.0 cm³/mol. The van der Waals surface area contributed by atoms with E-state index < -0.39 is 5.75 Å². The highest BCUT2D eigenvalue weighted by Crippen LogP contribution is 2.42. The van der Waals surface area contributed by atoms with Gasteiger partial charge in [0.15, 0.2) is 11.5 Å². The average Bonchev–Trinajstić information content (AvgIpc) is 2.35. The number of nitrogens with two attached hydrogens (primary N) is 2. The fourth-order valence-electron chi connectivity index (χ4n) is 1.55. The molecule has 7 nitrogen and oxygen atoms in total. The van der Waals surface area contributed by atoms with Crippen molar-refractivity contribution in [2.75, 3.05) is 11.5 Å². The van der Waals surface area contributed by atoms with E-state index in [-0.39, 0.29) is 34.3 Å². The number of aromatic hydroxyl groups is 2. The van der Waals surface area contributed by atoms with Crippen molar-refractivity contribution in [1.29, 1.82) is 5.26 Å². The number of nitriles is 1. The molecule has 1 aromatic heterocycles. The fraction of sp³-hybridized carbons (Fsp3) is 0. The first-order chi connectivity index (χ1) is 8.95. The average molecular weight is 322 g/mol. The van der Waals surface area contributed by atoms with Crippen LogP contribution in [-0.2, 0) is 0 Å². The minimum absolute atomic E-state index is 0.0220. The maximum atomic E-state index is 9.90. The first-order valence-electron chi connectivity index (χ1n) is 4.99. The van der Waals surface area contributed by atoms with Crippen LogP contribution in [0.3, 0.4) is 0 Å². The normalized spacial score (nSPS) is 10.1. The summed E-state index contributed by atoms with van der Waals surface area (Å²) in [5, 5.41) is 28.6. The van der Waals surface area contributed by atoms with Gasteiger partial charge in [-0.15, -0.1) is 0 Å². The number of anilines is 2. The first-order valence-corrected chi connectivity index (χ1v) is 5.79. The third kappa shape index (κ3) is 2.11. The molecule has 2 aromatic rings. The highest BCUT2D eigenvalue weighted by molar-refractivity contribution is 9.10. The van der Waals surface area contributed by atoms with Crippen molar-refractivity contribution < 1.29 is 10.2 Å². The summed E-state index contributed by atoms with van der Waals surface area (Å²) in [4.78, 5) is 7.55. The molecular weight excluding hydrogens is 314 g/mol. The molecule has 0 bridgehead atoms. The minimum Gasteiger partial charge on any atom is -0.504 e. The van der Waals surface area contributed by atoms with Crippen molar-refractivity contribution >= 4 is 27.7 Å². The van der Waals surface area contributed by atoms with Crippen LogP contribution in [0.5, 0.6) is 11.5 Å². The Bertz CT molecular complexity index is 711. The molecule has 0 saturated carbocycles. The standard InChI is InChI=1S/C11H8BrN5O2/c12-6-2-1-4(8(18)9(6)19)7-5(3-13)10(14)17-11(15)16-7/h1-2,18-19H,(H4,14,15,16,17). The number of hydrogen-bond acceptors (Lipinski definition) is 7. The predicted octanol–water partition coefficient (Wildman–Crippen LogP) is 1.35. The number of phenols is 2. The first kappa shape index (κ1) is 12.9. The zero-order chi connectivity index (χ0) is 14.2. The molecule has 0 spiro atoms. The molecule has 0 atom stereocenters. The number of rotatable bonds is 1. The van der Waals surface area contributed by atoms with Crippen LogP contribution >= 0.6 is 15.9 Å². The Morgan fingerprint density at radius 1 is 1.16 bits per heavy atom. The second-order valence-electron chi connectivity index (χ2n) is 3.59. The van der Waals surface area contributed by atoms with Gasteiger partial charge in [-0.3, -0.25) is 0 Å². The van der Waals surface area contributed by atoms with Gasteiger partial charge in [-0.2, -0.15) is 10.2 Å². The van der Waals surface area contributed by atoms with Crippen molar-refractivity contribution in [2.24, 2.45) is 0 Å². The Morgan fingerprint density at radius 2 is 1.84 bits per heavy atom. The topological polar surface area (TPSA) is 142 Å².